The topological polar surface area (TPSA) is 121 Å². The Balaban J connectivity index is 1.46. The lowest BCUT2D eigenvalue weighted by Gasteiger charge is -2.31. The van der Waals surface area contributed by atoms with E-state index in [4.69, 9.17) is 18.6 Å². The van der Waals surface area contributed by atoms with Gasteiger partial charge in [-0.1, -0.05) is 0 Å². The Labute approximate surface area is 221 Å². The number of aliphatic hydroxyl groups excluding tert-OH is 1. The molecule has 2 atom stereocenters. The fourth-order valence-corrected chi connectivity index (χ4v) is 5.39. The second-order valence-electron chi connectivity index (χ2n) is 10.3. The van der Waals surface area contributed by atoms with E-state index in [9.17, 15) is 31.5 Å². The number of aliphatic hydroxyl groups is 1. The highest BCUT2D eigenvalue weighted by atomic mass is 32.2. The molecule has 1 saturated heterocycles. The molecule has 0 amide bonds. The number of hydrogen-bond donors (Lipinski definition) is 1. The summed E-state index contributed by atoms with van der Waals surface area (Å²) in [7, 11) is -5.88. The summed E-state index contributed by atoms with van der Waals surface area (Å²) in [5, 5.41) is 9.89. The summed E-state index contributed by atoms with van der Waals surface area (Å²) in [4.78, 5) is 13.5. The Kier molecular flexibility index (Phi) is 6.29. The van der Waals surface area contributed by atoms with Crippen LogP contribution < -0.4 is 8.92 Å². The monoisotopic (exact) mass is 570 g/mol. The van der Waals surface area contributed by atoms with Gasteiger partial charge in [-0.05, 0) is 63.6 Å². The van der Waals surface area contributed by atoms with E-state index in [1.807, 2.05) is 13.8 Å². The number of rotatable bonds is 6. The average Bonchev–Trinajstić information content (AvgIpc) is 3.37. The van der Waals surface area contributed by atoms with Gasteiger partial charge in [-0.3, -0.25) is 4.79 Å². The van der Waals surface area contributed by atoms with Crippen molar-refractivity contribution in [2.45, 2.75) is 56.6 Å². The lowest BCUT2D eigenvalue weighted by Crippen LogP contribution is -2.32. The van der Waals surface area contributed by atoms with Gasteiger partial charge in [-0.25, -0.2) is 0 Å². The van der Waals surface area contributed by atoms with Crippen molar-refractivity contribution in [3.05, 3.63) is 58.8 Å². The zero-order valence-electron chi connectivity index (χ0n) is 21.3. The molecule has 13 heteroatoms. The number of ketones is 1. The maximum absolute atomic E-state index is 13.5. The number of carbonyl (C=O) groups is 1. The van der Waals surface area contributed by atoms with E-state index in [-0.39, 0.29) is 35.9 Å². The number of alkyl halides is 3. The van der Waals surface area contributed by atoms with Crippen LogP contribution in [0.5, 0.6) is 11.5 Å². The maximum atomic E-state index is 13.5. The second kappa shape index (κ2) is 8.95. The van der Waals surface area contributed by atoms with Gasteiger partial charge in [0, 0.05) is 22.4 Å². The minimum absolute atomic E-state index is 0.00313. The number of hydrogen-bond acceptors (Lipinski definition) is 9. The van der Waals surface area contributed by atoms with Gasteiger partial charge >= 0.3 is 15.6 Å². The molecule has 2 heterocycles. The van der Waals surface area contributed by atoms with Gasteiger partial charge in [0.15, 0.2) is 11.6 Å². The van der Waals surface area contributed by atoms with Gasteiger partial charge in [0.25, 0.3) is 0 Å². The lowest BCUT2D eigenvalue weighted by atomic mass is 9.71. The number of benzene rings is 2. The van der Waals surface area contributed by atoms with Crippen LogP contribution in [0, 0.1) is 0 Å². The molecular weight excluding hydrogens is 545 g/mol. The normalized spacial score (nSPS) is 22.0. The van der Waals surface area contributed by atoms with Gasteiger partial charge in [0.2, 0.25) is 0 Å². The Bertz CT molecular complexity index is 1570. The minimum Gasteiger partial charge on any atom is -0.491 e. The molecule has 0 radical (unpaired) electrons. The lowest BCUT2D eigenvalue weighted by molar-refractivity contribution is -0.150. The van der Waals surface area contributed by atoms with Crippen molar-refractivity contribution in [2.75, 3.05) is 13.2 Å². The van der Waals surface area contributed by atoms with Crippen LogP contribution in [0.1, 0.15) is 54.9 Å². The molecule has 0 unspecified atom stereocenters. The number of ether oxygens (including phenoxy) is 3. The zero-order chi connectivity index (χ0) is 28.5. The number of furan rings is 1. The number of halogens is 3. The summed E-state index contributed by atoms with van der Waals surface area (Å²) >= 11 is 0. The summed E-state index contributed by atoms with van der Waals surface area (Å²) in [6.07, 6.45) is -1.08. The highest BCUT2D eigenvalue weighted by Crippen LogP contribution is 2.47. The highest BCUT2D eigenvalue weighted by molar-refractivity contribution is 7.88. The fourth-order valence-electron chi connectivity index (χ4n) is 4.94. The van der Waals surface area contributed by atoms with Crippen molar-refractivity contribution in [3.63, 3.8) is 0 Å². The predicted molar refractivity (Wildman–Crippen MR) is 130 cm³/mol. The summed E-state index contributed by atoms with van der Waals surface area (Å²) < 4.78 is 88.6. The third-order valence-electron chi connectivity index (χ3n) is 6.73. The Hall–Kier alpha value is -3.13. The maximum Gasteiger partial charge on any atom is 0.534 e. The van der Waals surface area contributed by atoms with Crippen LogP contribution in [0.25, 0.3) is 11.0 Å². The van der Waals surface area contributed by atoms with Crippen molar-refractivity contribution < 1.29 is 54.3 Å². The summed E-state index contributed by atoms with van der Waals surface area (Å²) in [6, 6.07) is 8.26. The molecule has 3 aromatic rings. The highest BCUT2D eigenvalue weighted by Gasteiger charge is 2.49. The SMILES string of the molecule is CC1(C)O[C@H](CO)[C@@H](COc2ccc3c(c2)C(C)(C)c2oc4cc(OS(=O)(=O)C(F)(F)F)ccc4c2C3=O)O1. The summed E-state index contributed by atoms with van der Waals surface area (Å²) in [5.74, 6) is -1.14. The van der Waals surface area contributed by atoms with E-state index < -0.39 is 44.8 Å². The van der Waals surface area contributed by atoms with Crippen molar-refractivity contribution in [1.29, 1.82) is 0 Å². The van der Waals surface area contributed by atoms with Gasteiger partial charge < -0.3 is 27.9 Å². The van der Waals surface area contributed by atoms with Crippen LogP contribution in [-0.2, 0) is 25.0 Å². The fraction of sp³-hybridized carbons (Fsp3) is 0.423. The van der Waals surface area contributed by atoms with Crippen molar-refractivity contribution in [1.82, 2.24) is 0 Å². The first kappa shape index (κ1) is 27.4. The standard InChI is InChI=1S/C26H25F3O9S/c1-24(2)17-9-13(34-12-20-19(11-30)36-25(3,4)37-20)5-7-15(17)22(31)21-16-8-6-14(10-18(16)35-23(21)24)38-39(32,33)26(27,28)29/h5-10,19-20,30H,11-12H2,1-4H3/t19-,20-/m1/s1. The molecule has 0 saturated carbocycles. The molecule has 9 nitrogen and oxygen atoms in total. The molecule has 1 aromatic heterocycles. The Morgan fingerprint density at radius 2 is 1.67 bits per heavy atom. The molecule has 1 fully saturated rings. The second-order valence-corrected chi connectivity index (χ2v) is 11.9. The third-order valence-corrected chi connectivity index (χ3v) is 7.71. The van der Waals surface area contributed by atoms with Gasteiger partial charge in [-0.15, -0.1) is 0 Å². The first-order chi connectivity index (χ1) is 18.0. The van der Waals surface area contributed by atoms with Crippen molar-refractivity contribution in [2.24, 2.45) is 0 Å². The summed E-state index contributed by atoms with van der Waals surface area (Å²) in [6.45, 7) is 6.93. The molecule has 1 aliphatic heterocycles. The smallest absolute Gasteiger partial charge is 0.491 e. The Morgan fingerprint density at radius 3 is 2.33 bits per heavy atom. The van der Waals surface area contributed by atoms with E-state index in [2.05, 4.69) is 4.18 Å². The molecule has 5 rings (SSSR count). The molecule has 39 heavy (non-hydrogen) atoms. The van der Waals surface area contributed by atoms with E-state index in [0.29, 0.717) is 22.3 Å². The zero-order valence-corrected chi connectivity index (χ0v) is 22.1. The quantitative estimate of drug-likeness (QED) is 0.339. The van der Waals surface area contributed by atoms with Crippen LogP contribution in [0.3, 0.4) is 0 Å². The molecule has 2 aromatic carbocycles. The first-order valence-corrected chi connectivity index (χ1v) is 13.3. The molecular formula is C26H25F3O9S. The van der Waals surface area contributed by atoms with Crippen LogP contribution in [0.15, 0.2) is 40.8 Å². The van der Waals surface area contributed by atoms with Crippen molar-refractivity contribution >= 4 is 26.9 Å². The van der Waals surface area contributed by atoms with Crippen LogP contribution in [0.4, 0.5) is 13.2 Å². The molecule has 2 aliphatic rings. The third kappa shape index (κ3) is 4.66. The average molecular weight is 571 g/mol. The van der Waals surface area contributed by atoms with Gasteiger partial charge in [0.1, 0.15) is 41.7 Å². The first-order valence-electron chi connectivity index (χ1n) is 11.9. The van der Waals surface area contributed by atoms with Crippen molar-refractivity contribution in [3.8, 4) is 11.5 Å². The predicted octanol–water partition coefficient (Wildman–Crippen LogP) is 4.42. The van der Waals surface area contributed by atoms with E-state index in [1.54, 1.807) is 32.0 Å². The van der Waals surface area contributed by atoms with E-state index >= 15 is 0 Å². The molecule has 1 N–H and O–H groups in total. The molecule has 0 spiro atoms. The number of carbonyl (C=O) groups excluding carboxylic acids is 1. The van der Waals surface area contributed by atoms with Gasteiger partial charge in [0.05, 0.1) is 12.2 Å². The van der Waals surface area contributed by atoms with E-state index in [0.717, 1.165) is 12.1 Å². The Morgan fingerprint density at radius 1 is 1.00 bits per heavy atom. The van der Waals surface area contributed by atoms with E-state index in [1.165, 1.54) is 6.07 Å². The molecule has 0 bridgehead atoms. The van der Waals surface area contributed by atoms with Crippen LogP contribution in [-0.4, -0.2) is 56.0 Å². The largest absolute Gasteiger partial charge is 0.534 e. The van der Waals surface area contributed by atoms with Crippen LogP contribution in [0.2, 0.25) is 0 Å². The number of fused-ring (bicyclic) bond motifs is 4. The minimum atomic E-state index is -5.88. The summed E-state index contributed by atoms with van der Waals surface area (Å²) in [5.41, 5.74) is -5.27. The van der Waals surface area contributed by atoms with Gasteiger partial charge in [-0.2, -0.15) is 21.6 Å². The molecule has 210 valence electrons. The van der Waals surface area contributed by atoms with Crippen LogP contribution >= 0.6 is 0 Å². The molecule has 1 aliphatic carbocycles.